The number of para-hydroxylation sites is 1. The number of hydrogen-bond donors (Lipinski definition) is 1. The van der Waals surface area contributed by atoms with Crippen molar-refractivity contribution in [2.24, 2.45) is 0 Å². The minimum atomic E-state index is -0.543. The van der Waals surface area contributed by atoms with E-state index in [1.54, 1.807) is 66.9 Å². The predicted octanol–water partition coefficient (Wildman–Crippen LogP) is 4.38. The molecule has 0 aliphatic heterocycles. The normalized spacial score (nSPS) is 11.2. The van der Waals surface area contributed by atoms with Gasteiger partial charge in [-0.15, -0.1) is 0 Å². The molecule has 0 saturated heterocycles. The van der Waals surface area contributed by atoms with E-state index in [1.165, 1.54) is 21.4 Å². The summed E-state index contributed by atoms with van der Waals surface area (Å²) in [6.07, 6.45) is 1.61. The standard InChI is InChI=1S/C24H16ClFN4O2/c25-17-9-2-4-11-20(17)30-24(32)22-19(28-30)13-21(31)29(14-15-7-5-6-12-27-15)23(22)16-8-1-3-10-18(16)26/h1-13,28H,14H2. The van der Waals surface area contributed by atoms with Crippen LogP contribution in [0, 0.1) is 5.82 Å². The Morgan fingerprint density at radius 3 is 2.47 bits per heavy atom. The van der Waals surface area contributed by atoms with Crippen LogP contribution in [0.4, 0.5) is 4.39 Å². The summed E-state index contributed by atoms with van der Waals surface area (Å²) >= 11 is 6.30. The molecule has 32 heavy (non-hydrogen) atoms. The molecular weight excluding hydrogens is 431 g/mol. The number of nitrogens with zero attached hydrogens (tertiary/aromatic N) is 3. The first-order valence-electron chi connectivity index (χ1n) is 9.83. The molecule has 0 aliphatic carbocycles. The van der Waals surface area contributed by atoms with Crippen molar-refractivity contribution < 1.29 is 4.39 Å². The quantitative estimate of drug-likeness (QED) is 0.445. The molecule has 1 N–H and O–H groups in total. The number of rotatable bonds is 4. The number of pyridine rings is 2. The summed E-state index contributed by atoms with van der Waals surface area (Å²) < 4.78 is 17.5. The fourth-order valence-corrected chi connectivity index (χ4v) is 4.00. The van der Waals surface area contributed by atoms with E-state index in [-0.39, 0.29) is 28.7 Å². The number of hydrogen-bond acceptors (Lipinski definition) is 3. The van der Waals surface area contributed by atoms with Crippen molar-refractivity contribution in [2.45, 2.75) is 6.54 Å². The van der Waals surface area contributed by atoms with Crippen molar-refractivity contribution in [3.05, 3.63) is 116 Å². The maximum atomic E-state index is 14.9. The first kappa shape index (κ1) is 20.0. The molecule has 5 rings (SSSR count). The van der Waals surface area contributed by atoms with Crippen molar-refractivity contribution in [3.8, 4) is 16.9 Å². The third kappa shape index (κ3) is 3.33. The summed E-state index contributed by atoms with van der Waals surface area (Å²) in [5, 5.41) is 3.50. The van der Waals surface area contributed by atoms with E-state index in [0.717, 1.165) is 0 Å². The highest BCUT2D eigenvalue weighted by Crippen LogP contribution is 2.28. The van der Waals surface area contributed by atoms with Gasteiger partial charge in [0.15, 0.2) is 0 Å². The van der Waals surface area contributed by atoms with Crippen LogP contribution in [0.2, 0.25) is 5.02 Å². The van der Waals surface area contributed by atoms with E-state index in [1.807, 2.05) is 0 Å². The first-order chi connectivity index (χ1) is 15.5. The zero-order valence-corrected chi connectivity index (χ0v) is 17.4. The van der Waals surface area contributed by atoms with Crippen molar-refractivity contribution in [1.29, 1.82) is 0 Å². The Hall–Kier alpha value is -3.97. The molecule has 0 fully saturated rings. The number of aromatic nitrogens is 4. The van der Waals surface area contributed by atoms with Gasteiger partial charge in [0.2, 0.25) is 0 Å². The molecule has 158 valence electrons. The monoisotopic (exact) mass is 446 g/mol. The van der Waals surface area contributed by atoms with Gasteiger partial charge in [-0.1, -0.05) is 41.9 Å². The number of fused-ring (bicyclic) bond motifs is 1. The third-order valence-corrected chi connectivity index (χ3v) is 5.55. The number of aromatic amines is 1. The zero-order chi connectivity index (χ0) is 22.2. The van der Waals surface area contributed by atoms with E-state index < -0.39 is 16.9 Å². The lowest BCUT2D eigenvalue weighted by Crippen LogP contribution is -2.24. The molecule has 3 aromatic heterocycles. The molecule has 0 bridgehead atoms. The van der Waals surface area contributed by atoms with Gasteiger partial charge in [-0.25, -0.2) is 9.07 Å². The van der Waals surface area contributed by atoms with Gasteiger partial charge in [-0.2, -0.15) is 0 Å². The van der Waals surface area contributed by atoms with Gasteiger partial charge < -0.3 is 4.57 Å². The second-order valence-electron chi connectivity index (χ2n) is 7.21. The van der Waals surface area contributed by atoms with Crippen LogP contribution in [-0.2, 0) is 6.54 Å². The molecule has 0 amide bonds. The second kappa shape index (κ2) is 7.94. The molecule has 0 spiro atoms. The van der Waals surface area contributed by atoms with Gasteiger partial charge in [0, 0.05) is 17.8 Å². The van der Waals surface area contributed by atoms with Gasteiger partial charge >= 0.3 is 0 Å². The molecule has 0 radical (unpaired) electrons. The Kier molecular flexibility index (Phi) is 4.95. The highest BCUT2D eigenvalue weighted by molar-refractivity contribution is 6.32. The molecular formula is C24H16ClFN4O2. The lowest BCUT2D eigenvalue weighted by molar-refractivity contribution is 0.627. The van der Waals surface area contributed by atoms with E-state index >= 15 is 0 Å². The Balaban J connectivity index is 1.87. The van der Waals surface area contributed by atoms with Crippen molar-refractivity contribution in [1.82, 2.24) is 19.3 Å². The van der Waals surface area contributed by atoms with Crippen molar-refractivity contribution in [2.75, 3.05) is 0 Å². The smallest absolute Gasteiger partial charge is 0.281 e. The van der Waals surface area contributed by atoms with Crippen LogP contribution >= 0.6 is 11.6 Å². The van der Waals surface area contributed by atoms with Crippen molar-refractivity contribution >= 4 is 22.5 Å². The molecule has 8 heteroatoms. The Morgan fingerprint density at radius 2 is 1.72 bits per heavy atom. The average Bonchev–Trinajstić information content (AvgIpc) is 3.11. The van der Waals surface area contributed by atoms with Gasteiger partial charge in [0.05, 0.1) is 39.5 Å². The fourth-order valence-electron chi connectivity index (χ4n) is 3.78. The number of nitrogens with one attached hydrogen (secondary N) is 1. The van der Waals surface area contributed by atoms with E-state index in [0.29, 0.717) is 16.4 Å². The molecule has 2 aromatic carbocycles. The van der Waals surface area contributed by atoms with E-state index in [4.69, 9.17) is 11.6 Å². The molecule has 0 saturated carbocycles. The van der Waals surface area contributed by atoms with E-state index in [9.17, 15) is 14.0 Å². The van der Waals surface area contributed by atoms with Gasteiger partial charge in [0.25, 0.3) is 11.1 Å². The van der Waals surface area contributed by atoms with Crippen LogP contribution in [0.1, 0.15) is 5.69 Å². The third-order valence-electron chi connectivity index (χ3n) is 5.23. The van der Waals surface area contributed by atoms with Gasteiger partial charge in [-0.05, 0) is 36.4 Å². The summed E-state index contributed by atoms with van der Waals surface area (Å²) in [6.45, 7) is 0.0794. The number of H-pyrrole nitrogens is 1. The van der Waals surface area contributed by atoms with Gasteiger partial charge in [0.1, 0.15) is 5.82 Å². The Labute approximate surface area is 186 Å². The molecule has 3 heterocycles. The van der Waals surface area contributed by atoms with Crippen LogP contribution < -0.4 is 11.1 Å². The van der Waals surface area contributed by atoms with E-state index in [2.05, 4.69) is 10.1 Å². The summed E-state index contributed by atoms with van der Waals surface area (Å²) in [6, 6.07) is 19.6. The molecule has 6 nitrogen and oxygen atoms in total. The average molecular weight is 447 g/mol. The first-order valence-corrected chi connectivity index (χ1v) is 10.2. The second-order valence-corrected chi connectivity index (χ2v) is 7.62. The predicted molar refractivity (Wildman–Crippen MR) is 122 cm³/mol. The van der Waals surface area contributed by atoms with Gasteiger partial charge in [-0.3, -0.25) is 19.7 Å². The Morgan fingerprint density at radius 1 is 0.969 bits per heavy atom. The highest BCUT2D eigenvalue weighted by Gasteiger charge is 2.22. The molecule has 0 atom stereocenters. The largest absolute Gasteiger partial charge is 0.301 e. The number of benzene rings is 2. The topological polar surface area (TPSA) is 72.7 Å². The SMILES string of the molecule is O=c1c2c(-c3ccccc3F)n(Cc3ccccn3)c(=O)cc2[nH]n1-c1ccccc1Cl. The lowest BCUT2D eigenvalue weighted by atomic mass is 10.1. The summed E-state index contributed by atoms with van der Waals surface area (Å²) in [5.74, 6) is -0.543. The Bertz CT molecular complexity index is 1570. The minimum absolute atomic E-state index is 0.0794. The summed E-state index contributed by atoms with van der Waals surface area (Å²) in [5.41, 5.74) is 0.814. The van der Waals surface area contributed by atoms with Crippen LogP contribution in [-0.4, -0.2) is 19.3 Å². The lowest BCUT2D eigenvalue weighted by Gasteiger charge is -2.14. The molecule has 5 aromatic rings. The molecule has 0 aliphatic rings. The maximum Gasteiger partial charge on any atom is 0.281 e. The van der Waals surface area contributed by atoms with Crippen LogP contribution in [0.25, 0.3) is 27.8 Å². The molecule has 0 unspecified atom stereocenters. The minimum Gasteiger partial charge on any atom is -0.301 e. The maximum absolute atomic E-state index is 14.9. The van der Waals surface area contributed by atoms with Crippen LogP contribution in [0.15, 0.2) is 88.6 Å². The van der Waals surface area contributed by atoms with Crippen LogP contribution in [0.5, 0.6) is 0 Å². The summed E-state index contributed by atoms with van der Waals surface area (Å²) in [4.78, 5) is 30.9. The van der Waals surface area contributed by atoms with Crippen molar-refractivity contribution in [3.63, 3.8) is 0 Å². The number of halogens is 2. The van der Waals surface area contributed by atoms with Crippen LogP contribution in [0.3, 0.4) is 0 Å². The summed E-state index contributed by atoms with van der Waals surface area (Å²) in [7, 11) is 0. The fraction of sp³-hybridized carbons (Fsp3) is 0.0417. The zero-order valence-electron chi connectivity index (χ0n) is 16.6. The highest BCUT2D eigenvalue weighted by atomic mass is 35.5.